The van der Waals surface area contributed by atoms with Gasteiger partial charge in [0.05, 0.1) is 5.41 Å². The quantitative estimate of drug-likeness (QED) is 0.473. The lowest BCUT2D eigenvalue weighted by molar-refractivity contribution is -0.132. The monoisotopic (exact) mass is 171 g/mol. The van der Waals surface area contributed by atoms with E-state index in [2.05, 4.69) is 5.32 Å². The fourth-order valence-corrected chi connectivity index (χ4v) is 1.53. The molecule has 5 heteroatoms. The molecule has 0 aromatic heterocycles. The van der Waals surface area contributed by atoms with Crippen molar-refractivity contribution in [3.63, 3.8) is 0 Å². The zero-order valence-corrected chi connectivity index (χ0v) is 6.80. The van der Waals surface area contributed by atoms with Crippen molar-refractivity contribution >= 4 is 11.8 Å². The van der Waals surface area contributed by atoms with Crippen LogP contribution in [0.25, 0.3) is 0 Å². The normalized spacial score (nSPS) is 28.7. The number of nitrogens with one attached hydrogen (secondary N) is 1. The first-order valence-electron chi connectivity index (χ1n) is 3.86. The molecular weight excluding hydrogens is 158 g/mol. The van der Waals surface area contributed by atoms with Gasteiger partial charge in [-0.1, -0.05) is 0 Å². The number of hydrogen-bond acceptors (Lipinski definition) is 3. The number of primary amides is 2. The smallest absolute Gasteiger partial charge is 0.225 e. The van der Waals surface area contributed by atoms with Gasteiger partial charge >= 0.3 is 0 Å². The van der Waals surface area contributed by atoms with Gasteiger partial charge in [-0.2, -0.15) is 0 Å². The van der Waals surface area contributed by atoms with Crippen molar-refractivity contribution in [1.29, 1.82) is 0 Å². The molecule has 1 saturated heterocycles. The van der Waals surface area contributed by atoms with Gasteiger partial charge in [0.15, 0.2) is 0 Å². The van der Waals surface area contributed by atoms with Gasteiger partial charge in [0.1, 0.15) is 0 Å². The maximum absolute atomic E-state index is 11.0. The van der Waals surface area contributed by atoms with Gasteiger partial charge in [0.2, 0.25) is 11.8 Å². The lowest BCUT2D eigenvalue weighted by atomic mass is 9.82. The maximum Gasteiger partial charge on any atom is 0.225 e. The average Bonchev–Trinajstić information content (AvgIpc) is 2.35. The van der Waals surface area contributed by atoms with E-state index in [1.807, 2.05) is 0 Å². The third-order valence-corrected chi connectivity index (χ3v) is 2.28. The van der Waals surface area contributed by atoms with E-state index in [1.54, 1.807) is 0 Å². The van der Waals surface area contributed by atoms with Gasteiger partial charge in [0.25, 0.3) is 0 Å². The van der Waals surface area contributed by atoms with Gasteiger partial charge < -0.3 is 16.8 Å². The molecule has 1 fully saturated rings. The molecule has 12 heavy (non-hydrogen) atoms. The molecule has 0 radical (unpaired) electrons. The molecule has 1 unspecified atom stereocenters. The molecule has 2 amide bonds. The molecule has 1 atom stereocenters. The van der Waals surface area contributed by atoms with Crippen molar-refractivity contribution in [1.82, 2.24) is 5.32 Å². The number of amides is 2. The minimum Gasteiger partial charge on any atom is -0.370 e. The number of carbonyl (C=O) groups excluding carboxylic acids is 2. The molecular formula is C7H13N3O2. The van der Waals surface area contributed by atoms with Crippen molar-refractivity contribution in [3.8, 4) is 0 Å². The Bertz CT molecular complexity index is 209. The summed E-state index contributed by atoms with van der Waals surface area (Å²) in [5.74, 6) is -0.913. The summed E-state index contributed by atoms with van der Waals surface area (Å²) in [5.41, 5.74) is 9.48. The summed E-state index contributed by atoms with van der Waals surface area (Å²) in [6, 6.07) is 0. The Balaban J connectivity index is 2.72. The number of hydrogen-bond donors (Lipinski definition) is 3. The zero-order valence-electron chi connectivity index (χ0n) is 6.80. The Labute approximate surface area is 70.5 Å². The summed E-state index contributed by atoms with van der Waals surface area (Å²) in [7, 11) is 0. The fraction of sp³-hybridized carbons (Fsp3) is 0.714. The van der Waals surface area contributed by atoms with Gasteiger partial charge in [-0.3, -0.25) is 9.59 Å². The molecule has 1 aliphatic heterocycles. The summed E-state index contributed by atoms with van der Waals surface area (Å²) < 4.78 is 0. The molecule has 5 nitrogen and oxygen atoms in total. The van der Waals surface area contributed by atoms with Crippen molar-refractivity contribution in [3.05, 3.63) is 0 Å². The van der Waals surface area contributed by atoms with E-state index in [9.17, 15) is 9.59 Å². The van der Waals surface area contributed by atoms with Gasteiger partial charge in [-0.25, -0.2) is 0 Å². The first kappa shape index (κ1) is 8.99. The summed E-state index contributed by atoms with van der Waals surface area (Å²) in [6.07, 6.45) is 0.653. The van der Waals surface area contributed by atoms with E-state index in [0.29, 0.717) is 13.0 Å². The lowest BCUT2D eigenvalue weighted by Gasteiger charge is -2.21. The van der Waals surface area contributed by atoms with Crippen LogP contribution in [0.4, 0.5) is 0 Å². The van der Waals surface area contributed by atoms with Crippen LogP contribution in [0.2, 0.25) is 0 Å². The van der Waals surface area contributed by atoms with Crippen LogP contribution in [0.5, 0.6) is 0 Å². The van der Waals surface area contributed by atoms with Crippen molar-refractivity contribution in [2.24, 2.45) is 16.9 Å². The Kier molecular flexibility index (Phi) is 2.32. The molecule has 5 N–H and O–H groups in total. The summed E-state index contributed by atoms with van der Waals surface area (Å²) >= 11 is 0. The van der Waals surface area contributed by atoms with E-state index in [1.165, 1.54) is 0 Å². The van der Waals surface area contributed by atoms with E-state index < -0.39 is 17.2 Å². The molecule has 0 aromatic carbocycles. The Hall–Kier alpha value is -1.10. The number of carbonyl (C=O) groups is 2. The SMILES string of the molecule is NC(=O)CC1(C(N)=O)CCNC1. The van der Waals surface area contributed by atoms with Crippen LogP contribution < -0.4 is 16.8 Å². The molecule has 0 spiro atoms. The predicted molar refractivity (Wildman–Crippen MR) is 42.9 cm³/mol. The van der Waals surface area contributed by atoms with E-state index >= 15 is 0 Å². The van der Waals surface area contributed by atoms with Crippen LogP contribution in [0.3, 0.4) is 0 Å². The topological polar surface area (TPSA) is 98.2 Å². The van der Waals surface area contributed by atoms with E-state index in [-0.39, 0.29) is 6.42 Å². The molecule has 68 valence electrons. The number of nitrogens with two attached hydrogens (primary N) is 2. The van der Waals surface area contributed by atoms with Crippen LogP contribution in [0.1, 0.15) is 12.8 Å². The maximum atomic E-state index is 11.0. The van der Waals surface area contributed by atoms with Crippen molar-refractivity contribution < 1.29 is 9.59 Å². The van der Waals surface area contributed by atoms with E-state index in [0.717, 1.165) is 6.54 Å². The van der Waals surface area contributed by atoms with Gasteiger partial charge in [-0.05, 0) is 13.0 Å². The van der Waals surface area contributed by atoms with Crippen LogP contribution in [-0.4, -0.2) is 24.9 Å². The van der Waals surface area contributed by atoms with Crippen LogP contribution in [0.15, 0.2) is 0 Å². The zero-order chi connectivity index (χ0) is 9.19. The molecule has 0 aromatic rings. The Morgan fingerprint density at radius 2 is 2.08 bits per heavy atom. The van der Waals surface area contributed by atoms with Crippen LogP contribution >= 0.6 is 0 Å². The second-order valence-electron chi connectivity index (χ2n) is 3.21. The molecule has 1 aliphatic rings. The summed E-state index contributed by atoms with van der Waals surface area (Å²) in [6.45, 7) is 1.18. The Morgan fingerprint density at radius 1 is 1.42 bits per heavy atom. The molecule has 0 saturated carbocycles. The third kappa shape index (κ3) is 1.55. The second-order valence-corrected chi connectivity index (χ2v) is 3.21. The van der Waals surface area contributed by atoms with Crippen LogP contribution in [-0.2, 0) is 9.59 Å². The highest BCUT2D eigenvalue weighted by molar-refractivity contribution is 5.87. The third-order valence-electron chi connectivity index (χ3n) is 2.28. The van der Waals surface area contributed by atoms with E-state index in [4.69, 9.17) is 11.5 Å². The molecule has 0 aliphatic carbocycles. The second kappa shape index (κ2) is 3.10. The van der Waals surface area contributed by atoms with Gasteiger partial charge in [0, 0.05) is 13.0 Å². The summed E-state index contributed by atoms with van der Waals surface area (Å²) in [5, 5.41) is 2.99. The molecule has 0 bridgehead atoms. The highest BCUT2D eigenvalue weighted by Crippen LogP contribution is 2.28. The molecule has 1 rings (SSSR count). The standard InChI is InChI=1S/C7H13N3O2/c8-5(11)3-7(6(9)12)1-2-10-4-7/h10H,1-4H2,(H2,8,11)(H2,9,12). The minimum atomic E-state index is -0.730. The number of rotatable bonds is 3. The van der Waals surface area contributed by atoms with Crippen molar-refractivity contribution in [2.45, 2.75) is 12.8 Å². The van der Waals surface area contributed by atoms with Gasteiger partial charge in [-0.15, -0.1) is 0 Å². The largest absolute Gasteiger partial charge is 0.370 e. The average molecular weight is 171 g/mol. The Morgan fingerprint density at radius 3 is 2.42 bits per heavy atom. The molecule has 1 heterocycles. The predicted octanol–water partition coefficient (Wildman–Crippen LogP) is -1.67. The van der Waals surface area contributed by atoms with Crippen molar-refractivity contribution in [2.75, 3.05) is 13.1 Å². The van der Waals surface area contributed by atoms with Crippen LogP contribution in [0, 0.1) is 5.41 Å². The minimum absolute atomic E-state index is 0.0509. The fourth-order valence-electron chi connectivity index (χ4n) is 1.53. The summed E-state index contributed by atoms with van der Waals surface area (Å²) in [4.78, 5) is 21.7. The lowest BCUT2D eigenvalue weighted by Crippen LogP contribution is -2.42. The highest BCUT2D eigenvalue weighted by Gasteiger charge is 2.40. The highest BCUT2D eigenvalue weighted by atomic mass is 16.2. The first-order chi connectivity index (χ1) is 5.57. The first-order valence-corrected chi connectivity index (χ1v) is 3.86.